The van der Waals surface area contributed by atoms with Gasteiger partial charge in [-0.3, -0.25) is 9.59 Å². The third kappa shape index (κ3) is 5.69. The van der Waals surface area contributed by atoms with Gasteiger partial charge in [0.05, 0.1) is 6.54 Å². The molecular weight excluding hydrogens is 294 g/mol. The number of hydrogen-bond acceptors (Lipinski definition) is 4. The Balaban J connectivity index is 2.71. The summed E-state index contributed by atoms with van der Waals surface area (Å²) < 4.78 is 5.34. The second-order valence-electron chi connectivity index (χ2n) is 5.59. The molecule has 23 heavy (non-hydrogen) atoms. The molecule has 0 aliphatic carbocycles. The monoisotopic (exact) mass is 323 g/mol. The van der Waals surface area contributed by atoms with E-state index in [4.69, 9.17) is 4.42 Å². The molecule has 6 nitrogen and oxygen atoms in total. The molecule has 0 unspecified atom stereocenters. The van der Waals surface area contributed by atoms with Gasteiger partial charge in [-0.05, 0) is 26.7 Å². The fraction of sp³-hybridized carbons (Fsp3) is 0.706. The average Bonchev–Trinajstić information content (AvgIpc) is 3.02. The van der Waals surface area contributed by atoms with Crippen molar-refractivity contribution in [2.75, 3.05) is 13.1 Å². The summed E-state index contributed by atoms with van der Waals surface area (Å²) in [6.07, 6.45) is 5.24. The Hall–Kier alpha value is -1.85. The summed E-state index contributed by atoms with van der Waals surface area (Å²) in [6.45, 7) is 9.40. The van der Waals surface area contributed by atoms with E-state index in [9.17, 15) is 9.59 Å². The van der Waals surface area contributed by atoms with Gasteiger partial charge in [-0.2, -0.15) is 0 Å². The molecule has 1 atom stereocenters. The van der Waals surface area contributed by atoms with Gasteiger partial charge in [0.1, 0.15) is 6.26 Å². The number of unbranched alkanes of at least 4 members (excludes halogenated alkanes) is 1. The van der Waals surface area contributed by atoms with E-state index in [1.54, 1.807) is 4.90 Å². The van der Waals surface area contributed by atoms with Crippen molar-refractivity contribution >= 4 is 11.8 Å². The van der Waals surface area contributed by atoms with Crippen molar-refractivity contribution in [2.24, 2.45) is 5.92 Å². The SMILES string of the molecule is CCCC[C@H](CC)C(=O)N(CC)Cc1nc(C(=O)NCC)co1. The molecule has 0 fully saturated rings. The van der Waals surface area contributed by atoms with Crippen LogP contribution in [0.3, 0.4) is 0 Å². The minimum absolute atomic E-state index is 0.0488. The number of aromatic nitrogens is 1. The molecule has 1 aromatic rings. The quantitative estimate of drug-likeness (QED) is 0.718. The van der Waals surface area contributed by atoms with Crippen LogP contribution >= 0.6 is 0 Å². The maximum absolute atomic E-state index is 12.6. The molecule has 0 aliphatic rings. The Morgan fingerprint density at radius 2 is 2.04 bits per heavy atom. The van der Waals surface area contributed by atoms with E-state index in [0.717, 1.165) is 25.7 Å². The molecule has 1 aromatic heterocycles. The van der Waals surface area contributed by atoms with E-state index in [2.05, 4.69) is 17.2 Å². The van der Waals surface area contributed by atoms with Crippen LogP contribution in [0.15, 0.2) is 10.7 Å². The molecule has 2 amide bonds. The molecule has 0 saturated carbocycles. The fourth-order valence-electron chi connectivity index (χ4n) is 2.46. The van der Waals surface area contributed by atoms with Crippen LogP contribution in [0.2, 0.25) is 0 Å². The van der Waals surface area contributed by atoms with Crippen molar-refractivity contribution in [1.29, 1.82) is 0 Å². The van der Waals surface area contributed by atoms with Gasteiger partial charge >= 0.3 is 0 Å². The molecule has 0 bridgehead atoms. The minimum atomic E-state index is -0.258. The van der Waals surface area contributed by atoms with Gasteiger partial charge in [0.2, 0.25) is 11.8 Å². The normalized spacial score (nSPS) is 12.0. The number of nitrogens with zero attached hydrogens (tertiary/aromatic N) is 2. The molecule has 1 N–H and O–H groups in total. The zero-order chi connectivity index (χ0) is 17.2. The molecule has 0 aliphatic heterocycles. The summed E-state index contributed by atoms with van der Waals surface area (Å²) in [4.78, 5) is 30.3. The van der Waals surface area contributed by atoms with E-state index in [1.165, 1.54) is 6.26 Å². The third-order valence-corrected chi connectivity index (χ3v) is 3.89. The number of oxazole rings is 1. The molecule has 130 valence electrons. The highest BCUT2D eigenvalue weighted by Gasteiger charge is 2.23. The van der Waals surface area contributed by atoms with Crippen LogP contribution in [0.1, 0.15) is 69.8 Å². The molecule has 1 rings (SSSR count). The van der Waals surface area contributed by atoms with Gasteiger partial charge < -0.3 is 14.6 Å². The lowest BCUT2D eigenvalue weighted by Gasteiger charge is -2.24. The summed E-state index contributed by atoms with van der Waals surface area (Å²) in [5, 5.41) is 2.67. The molecule has 0 saturated heterocycles. The van der Waals surface area contributed by atoms with Crippen LogP contribution in [-0.4, -0.2) is 34.8 Å². The first-order valence-electron chi connectivity index (χ1n) is 8.58. The van der Waals surface area contributed by atoms with Gasteiger partial charge in [-0.25, -0.2) is 4.98 Å². The Bertz CT molecular complexity index is 499. The van der Waals surface area contributed by atoms with Crippen LogP contribution in [0.5, 0.6) is 0 Å². The van der Waals surface area contributed by atoms with Crippen LogP contribution in [0.25, 0.3) is 0 Å². The lowest BCUT2D eigenvalue weighted by Crippen LogP contribution is -2.35. The van der Waals surface area contributed by atoms with Crippen LogP contribution in [-0.2, 0) is 11.3 Å². The largest absolute Gasteiger partial charge is 0.446 e. The van der Waals surface area contributed by atoms with Gasteiger partial charge in [0, 0.05) is 19.0 Å². The van der Waals surface area contributed by atoms with Gasteiger partial charge in [-0.15, -0.1) is 0 Å². The van der Waals surface area contributed by atoms with Crippen molar-refractivity contribution in [3.05, 3.63) is 17.8 Å². The van der Waals surface area contributed by atoms with Crippen molar-refractivity contribution < 1.29 is 14.0 Å². The number of rotatable bonds is 10. The fourth-order valence-corrected chi connectivity index (χ4v) is 2.46. The van der Waals surface area contributed by atoms with E-state index in [-0.39, 0.29) is 23.4 Å². The van der Waals surface area contributed by atoms with E-state index in [1.807, 2.05) is 20.8 Å². The van der Waals surface area contributed by atoms with Crippen LogP contribution in [0.4, 0.5) is 0 Å². The minimum Gasteiger partial charge on any atom is -0.446 e. The molecule has 0 spiro atoms. The van der Waals surface area contributed by atoms with Crippen molar-refractivity contribution in [1.82, 2.24) is 15.2 Å². The topological polar surface area (TPSA) is 75.4 Å². The molecule has 6 heteroatoms. The Kier molecular flexibility index (Phi) is 8.37. The zero-order valence-electron chi connectivity index (χ0n) is 14.7. The first-order chi connectivity index (χ1) is 11.1. The van der Waals surface area contributed by atoms with E-state index >= 15 is 0 Å². The maximum Gasteiger partial charge on any atom is 0.273 e. The summed E-state index contributed by atoms with van der Waals surface area (Å²) in [5.74, 6) is 0.326. The van der Waals surface area contributed by atoms with Crippen molar-refractivity contribution in [3.8, 4) is 0 Å². The average molecular weight is 323 g/mol. The van der Waals surface area contributed by atoms with E-state index in [0.29, 0.717) is 25.5 Å². The summed E-state index contributed by atoms with van der Waals surface area (Å²) in [6, 6.07) is 0. The first-order valence-corrected chi connectivity index (χ1v) is 8.58. The number of nitrogens with one attached hydrogen (secondary N) is 1. The zero-order valence-corrected chi connectivity index (χ0v) is 14.7. The highest BCUT2D eigenvalue weighted by atomic mass is 16.3. The standard InChI is InChI=1S/C17H29N3O3/c1-5-9-10-13(6-2)17(22)20(8-4)11-15-19-14(12-23-15)16(21)18-7-3/h12-13H,5-11H2,1-4H3,(H,18,21)/t13-/m0/s1. The molecule has 0 radical (unpaired) electrons. The Morgan fingerprint density at radius 1 is 1.30 bits per heavy atom. The molecular formula is C17H29N3O3. The summed E-state index contributed by atoms with van der Waals surface area (Å²) in [5.41, 5.74) is 0.253. The van der Waals surface area contributed by atoms with Crippen molar-refractivity contribution in [3.63, 3.8) is 0 Å². The molecule has 0 aromatic carbocycles. The number of carbonyl (C=O) groups excluding carboxylic acids is 2. The predicted octanol–water partition coefficient (Wildman–Crippen LogP) is 2.99. The van der Waals surface area contributed by atoms with Gasteiger partial charge in [0.15, 0.2) is 5.69 Å². The van der Waals surface area contributed by atoms with Crippen LogP contribution in [0, 0.1) is 5.92 Å². The van der Waals surface area contributed by atoms with Crippen LogP contribution < -0.4 is 5.32 Å². The first kappa shape index (κ1) is 19.2. The third-order valence-electron chi connectivity index (χ3n) is 3.89. The van der Waals surface area contributed by atoms with Crippen molar-refractivity contribution in [2.45, 2.75) is 59.9 Å². The second-order valence-corrected chi connectivity index (χ2v) is 5.59. The molecule has 1 heterocycles. The number of carbonyl (C=O) groups is 2. The highest BCUT2D eigenvalue weighted by molar-refractivity contribution is 5.91. The lowest BCUT2D eigenvalue weighted by molar-refractivity contribution is -0.136. The number of hydrogen-bond donors (Lipinski definition) is 1. The summed E-state index contributed by atoms with van der Waals surface area (Å²) >= 11 is 0. The summed E-state index contributed by atoms with van der Waals surface area (Å²) in [7, 11) is 0. The predicted molar refractivity (Wildman–Crippen MR) is 88.9 cm³/mol. The maximum atomic E-state index is 12.6. The Labute approximate surface area is 138 Å². The number of amides is 2. The van der Waals surface area contributed by atoms with E-state index < -0.39 is 0 Å². The highest BCUT2D eigenvalue weighted by Crippen LogP contribution is 2.17. The smallest absolute Gasteiger partial charge is 0.273 e. The van der Waals surface area contributed by atoms with Gasteiger partial charge in [-0.1, -0.05) is 26.7 Å². The van der Waals surface area contributed by atoms with Gasteiger partial charge in [0.25, 0.3) is 5.91 Å². The second kappa shape index (κ2) is 10.0. The Morgan fingerprint density at radius 3 is 2.61 bits per heavy atom. The lowest BCUT2D eigenvalue weighted by atomic mass is 9.98.